The van der Waals surface area contributed by atoms with Crippen molar-refractivity contribution in [3.05, 3.63) is 55.8 Å². The standard InChI is InChI=1S/C24H36S2/c1-8-19(16(3)23(26)17(4)25)22-14-18(11-12-24(5,6)7)21-13-15(2)9-10-20(21)22/h9-10,13,18,22,25-26H,8,11-12,14H2,1-7H3/b19-16+,23-17-. The lowest BCUT2D eigenvalue weighted by atomic mass is 9.83. The predicted octanol–water partition coefficient (Wildman–Crippen LogP) is 8.21. The van der Waals surface area contributed by atoms with Crippen LogP contribution in [0, 0.1) is 12.3 Å². The highest BCUT2D eigenvalue weighted by molar-refractivity contribution is 7.88. The summed E-state index contributed by atoms with van der Waals surface area (Å²) in [6.45, 7) is 15.8. The monoisotopic (exact) mass is 388 g/mol. The van der Waals surface area contributed by atoms with E-state index >= 15 is 0 Å². The van der Waals surface area contributed by atoms with E-state index in [2.05, 4.69) is 72.4 Å². The van der Waals surface area contributed by atoms with E-state index in [1.54, 1.807) is 11.1 Å². The van der Waals surface area contributed by atoms with Crippen molar-refractivity contribution in [3.63, 3.8) is 0 Å². The fourth-order valence-corrected chi connectivity index (χ4v) is 4.62. The van der Waals surface area contributed by atoms with Crippen molar-refractivity contribution in [2.75, 3.05) is 0 Å². The summed E-state index contributed by atoms with van der Waals surface area (Å²) in [4.78, 5) is 2.04. The van der Waals surface area contributed by atoms with Gasteiger partial charge in [-0.05, 0) is 79.4 Å². The van der Waals surface area contributed by atoms with Crippen LogP contribution >= 0.6 is 25.3 Å². The topological polar surface area (TPSA) is 0 Å². The van der Waals surface area contributed by atoms with Gasteiger partial charge < -0.3 is 0 Å². The number of allylic oxidation sites excluding steroid dienone is 3. The minimum atomic E-state index is 0.394. The third-order valence-corrected chi connectivity index (χ3v) is 6.87. The summed E-state index contributed by atoms with van der Waals surface area (Å²) in [6, 6.07) is 7.10. The van der Waals surface area contributed by atoms with E-state index in [1.165, 1.54) is 36.0 Å². The van der Waals surface area contributed by atoms with Gasteiger partial charge in [0, 0.05) is 10.8 Å². The molecule has 0 bridgehead atoms. The summed E-state index contributed by atoms with van der Waals surface area (Å²) < 4.78 is 0. The van der Waals surface area contributed by atoms with E-state index in [0.717, 1.165) is 16.2 Å². The molecule has 0 amide bonds. The van der Waals surface area contributed by atoms with Crippen LogP contribution in [-0.2, 0) is 0 Å². The van der Waals surface area contributed by atoms with Gasteiger partial charge in [-0.1, -0.05) is 57.0 Å². The number of rotatable bonds is 5. The van der Waals surface area contributed by atoms with Gasteiger partial charge in [-0.15, -0.1) is 25.3 Å². The molecule has 1 aliphatic rings. The Labute approximate surface area is 172 Å². The second-order valence-electron chi connectivity index (χ2n) is 9.15. The molecule has 144 valence electrons. The Kier molecular flexibility index (Phi) is 7.18. The van der Waals surface area contributed by atoms with Crippen molar-refractivity contribution in [3.8, 4) is 0 Å². The van der Waals surface area contributed by atoms with Gasteiger partial charge in [0.1, 0.15) is 0 Å². The van der Waals surface area contributed by atoms with Gasteiger partial charge in [-0.3, -0.25) is 0 Å². The zero-order chi connectivity index (χ0) is 19.6. The van der Waals surface area contributed by atoms with E-state index in [4.69, 9.17) is 12.6 Å². The van der Waals surface area contributed by atoms with Crippen LogP contribution in [0.2, 0.25) is 0 Å². The number of fused-ring (bicyclic) bond motifs is 1. The van der Waals surface area contributed by atoms with Gasteiger partial charge in [0.2, 0.25) is 0 Å². The first-order chi connectivity index (χ1) is 12.0. The summed E-state index contributed by atoms with van der Waals surface area (Å²) >= 11 is 9.27. The van der Waals surface area contributed by atoms with Gasteiger partial charge in [0.05, 0.1) is 0 Å². The van der Waals surface area contributed by atoms with Crippen LogP contribution in [-0.4, -0.2) is 0 Å². The molecule has 0 N–H and O–H groups in total. The molecule has 2 heteroatoms. The van der Waals surface area contributed by atoms with E-state index in [-0.39, 0.29) is 0 Å². The molecule has 0 nitrogen and oxygen atoms in total. The Morgan fingerprint density at radius 1 is 1.12 bits per heavy atom. The minimum absolute atomic E-state index is 0.394. The lowest BCUT2D eigenvalue weighted by Crippen LogP contribution is -2.07. The largest absolute Gasteiger partial charge is 0.147 e. The van der Waals surface area contributed by atoms with Crippen LogP contribution in [0.4, 0.5) is 0 Å². The molecule has 2 unspecified atom stereocenters. The maximum absolute atomic E-state index is 4.74. The van der Waals surface area contributed by atoms with Crippen LogP contribution in [0.15, 0.2) is 39.2 Å². The zero-order valence-electron chi connectivity index (χ0n) is 17.6. The molecule has 0 saturated heterocycles. The molecule has 0 saturated carbocycles. The van der Waals surface area contributed by atoms with Crippen molar-refractivity contribution in [1.82, 2.24) is 0 Å². The molecule has 0 radical (unpaired) electrons. The van der Waals surface area contributed by atoms with Crippen LogP contribution < -0.4 is 0 Å². The fraction of sp³-hybridized carbons (Fsp3) is 0.583. The fourth-order valence-electron chi connectivity index (χ4n) is 4.31. The van der Waals surface area contributed by atoms with Gasteiger partial charge in [-0.25, -0.2) is 0 Å². The number of aryl methyl sites for hydroxylation is 1. The Hall–Kier alpha value is -0.600. The molecule has 1 aliphatic carbocycles. The third-order valence-electron chi connectivity index (χ3n) is 5.80. The van der Waals surface area contributed by atoms with E-state index < -0.39 is 0 Å². The van der Waals surface area contributed by atoms with Crippen LogP contribution in [0.5, 0.6) is 0 Å². The van der Waals surface area contributed by atoms with Crippen molar-refractivity contribution < 1.29 is 0 Å². The van der Waals surface area contributed by atoms with Crippen molar-refractivity contribution in [2.24, 2.45) is 5.41 Å². The molecule has 0 spiro atoms. The zero-order valence-corrected chi connectivity index (χ0v) is 19.4. The lowest BCUT2D eigenvalue weighted by Gasteiger charge is -2.22. The molecular formula is C24H36S2. The molecule has 2 rings (SSSR count). The quantitative estimate of drug-likeness (QED) is 0.368. The van der Waals surface area contributed by atoms with Crippen LogP contribution in [0.25, 0.3) is 0 Å². The van der Waals surface area contributed by atoms with E-state index in [0.29, 0.717) is 17.3 Å². The third kappa shape index (κ3) is 5.01. The first kappa shape index (κ1) is 21.7. The molecule has 0 aromatic heterocycles. The summed E-state index contributed by atoms with van der Waals surface area (Å²) in [5.41, 5.74) is 7.76. The molecule has 0 heterocycles. The molecular weight excluding hydrogens is 352 g/mol. The van der Waals surface area contributed by atoms with E-state index in [9.17, 15) is 0 Å². The number of hydrogen-bond donors (Lipinski definition) is 2. The Bertz CT molecular complexity index is 712. The first-order valence-corrected chi connectivity index (χ1v) is 10.8. The molecule has 0 fully saturated rings. The van der Waals surface area contributed by atoms with Gasteiger partial charge in [-0.2, -0.15) is 0 Å². The molecule has 2 atom stereocenters. The molecule has 26 heavy (non-hydrogen) atoms. The minimum Gasteiger partial charge on any atom is -0.147 e. The summed E-state index contributed by atoms with van der Waals surface area (Å²) in [6.07, 6.45) is 4.86. The molecule has 1 aromatic rings. The highest BCUT2D eigenvalue weighted by Gasteiger charge is 2.33. The van der Waals surface area contributed by atoms with Gasteiger partial charge in [0.25, 0.3) is 0 Å². The van der Waals surface area contributed by atoms with Crippen molar-refractivity contribution in [2.45, 2.75) is 86.0 Å². The Morgan fingerprint density at radius 3 is 2.31 bits per heavy atom. The van der Waals surface area contributed by atoms with Crippen LogP contribution in [0.1, 0.15) is 95.8 Å². The summed E-state index contributed by atoms with van der Waals surface area (Å²) in [5.74, 6) is 1.20. The number of thiol groups is 2. The Morgan fingerprint density at radius 2 is 1.77 bits per heavy atom. The SMILES string of the molecule is CC/C(=C(C)\C(S)=C(/C)S)C1CC(CCC(C)(C)C)c2cc(C)ccc21. The second kappa shape index (κ2) is 8.61. The highest BCUT2D eigenvalue weighted by Crippen LogP contribution is 2.50. The van der Waals surface area contributed by atoms with Crippen LogP contribution in [0.3, 0.4) is 0 Å². The maximum atomic E-state index is 4.74. The summed E-state index contributed by atoms with van der Waals surface area (Å²) in [5, 5.41) is 0. The molecule has 1 aromatic carbocycles. The second-order valence-corrected chi connectivity index (χ2v) is 10.3. The average Bonchev–Trinajstić information content (AvgIpc) is 2.90. The smallest absolute Gasteiger partial charge is 0.0159 e. The van der Waals surface area contributed by atoms with Gasteiger partial charge in [0.15, 0.2) is 0 Å². The predicted molar refractivity (Wildman–Crippen MR) is 124 cm³/mol. The van der Waals surface area contributed by atoms with E-state index in [1.807, 2.05) is 6.92 Å². The summed E-state index contributed by atoms with van der Waals surface area (Å²) in [7, 11) is 0. The Balaban J connectivity index is 2.45. The lowest BCUT2D eigenvalue weighted by molar-refractivity contribution is 0.346. The normalized spacial score (nSPS) is 22.0. The highest BCUT2D eigenvalue weighted by atomic mass is 32.1. The first-order valence-electron chi connectivity index (χ1n) is 9.94. The van der Waals surface area contributed by atoms with Crippen molar-refractivity contribution >= 4 is 25.3 Å². The van der Waals surface area contributed by atoms with Crippen molar-refractivity contribution in [1.29, 1.82) is 0 Å². The average molecular weight is 389 g/mol. The maximum Gasteiger partial charge on any atom is 0.0159 e. The van der Waals surface area contributed by atoms with Gasteiger partial charge >= 0.3 is 0 Å². The molecule has 0 aliphatic heterocycles. The number of benzene rings is 1. The number of hydrogen-bond acceptors (Lipinski definition) is 2.